The first-order valence-corrected chi connectivity index (χ1v) is 9.90. The van der Waals surface area contributed by atoms with Gasteiger partial charge in [-0.25, -0.2) is 0 Å². The average molecular weight is 435 g/mol. The van der Waals surface area contributed by atoms with E-state index in [0.717, 1.165) is 18.9 Å². The van der Waals surface area contributed by atoms with E-state index in [2.05, 4.69) is 0 Å². The summed E-state index contributed by atoms with van der Waals surface area (Å²) in [4.78, 5) is 27.1. The number of nitrogens with zero attached hydrogens (tertiary/aromatic N) is 2. The van der Waals surface area contributed by atoms with Crippen molar-refractivity contribution in [1.82, 2.24) is 9.47 Å². The number of benzene rings is 2. The quantitative estimate of drug-likeness (QED) is 0.584. The lowest BCUT2D eigenvalue weighted by Crippen LogP contribution is -2.34. The Balaban J connectivity index is 1.73. The second kappa shape index (κ2) is 7.80. The van der Waals surface area contributed by atoms with Gasteiger partial charge in [0.1, 0.15) is 6.54 Å². The molecule has 2 heterocycles. The summed E-state index contributed by atoms with van der Waals surface area (Å²) in [5, 5.41) is 0.612. The number of likely N-dealkylation sites (tertiary alicyclic amines) is 1. The Kier molecular flexibility index (Phi) is 5.32. The highest BCUT2D eigenvalue weighted by molar-refractivity contribution is 6.31. The SMILES string of the molecule is O=C(Cn1ccc2ccc(-c3ccc(Cl)c(C(F)(F)F)c3)cc2c1=O)N1CCCC1. The summed E-state index contributed by atoms with van der Waals surface area (Å²) in [6.45, 7) is 1.34. The van der Waals surface area contributed by atoms with Gasteiger partial charge in [0.25, 0.3) is 5.56 Å². The van der Waals surface area contributed by atoms with E-state index in [9.17, 15) is 22.8 Å². The Hall–Kier alpha value is -2.80. The highest BCUT2D eigenvalue weighted by Crippen LogP contribution is 2.37. The van der Waals surface area contributed by atoms with Gasteiger partial charge in [-0.15, -0.1) is 0 Å². The smallest absolute Gasteiger partial charge is 0.341 e. The van der Waals surface area contributed by atoms with E-state index in [1.807, 2.05) is 0 Å². The molecule has 0 saturated carbocycles. The van der Waals surface area contributed by atoms with Crippen molar-refractivity contribution in [1.29, 1.82) is 0 Å². The molecular formula is C22H18ClF3N2O2. The summed E-state index contributed by atoms with van der Waals surface area (Å²) < 4.78 is 40.9. The van der Waals surface area contributed by atoms with Crippen molar-refractivity contribution < 1.29 is 18.0 Å². The standard InChI is InChI=1S/C22H18ClF3N2O2/c23-19-6-5-16(12-18(19)22(24,25)26)15-4-3-14-7-10-28(21(30)17(14)11-15)13-20(29)27-8-1-2-9-27/h3-7,10-12H,1-2,8-9,13H2. The van der Waals surface area contributed by atoms with Crippen LogP contribution in [0.25, 0.3) is 21.9 Å². The van der Waals surface area contributed by atoms with Crippen LogP contribution < -0.4 is 5.56 Å². The molecule has 4 rings (SSSR count). The van der Waals surface area contributed by atoms with Crippen LogP contribution in [0.15, 0.2) is 53.5 Å². The van der Waals surface area contributed by atoms with Crippen molar-refractivity contribution in [3.63, 3.8) is 0 Å². The number of carbonyl (C=O) groups is 1. The fraction of sp³-hybridized carbons (Fsp3) is 0.273. The van der Waals surface area contributed by atoms with Gasteiger partial charge in [-0.1, -0.05) is 29.8 Å². The molecule has 8 heteroatoms. The second-order valence-electron chi connectivity index (χ2n) is 7.33. The largest absolute Gasteiger partial charge is 0.417 e. The molecule has 156 valence electrons. The second-order valence-corrected chi connectivity index (χ2v) is 7.74. The van der Waals surface area contributed by atoms with Gasteiger partial charge in [0.15, 0.2) is 0 Å². The molecule has 0 unspecified atom stereocenters. The van der Waals surface area contributed by atoms with Crippen LogP contribution in [0.3, 0.4) is 0 Å². The van der Waals surface area contributed by atoms with E-state index >= 15 is 0 Å². The van der Waals surface area contributed by atoms with Crippen molar-refractivity contribution in [2.45, 2.75) is 25.6 Å². The molecule has 1 aliphatic rings. The van der Waals surface area contributed by atoms with Gasteiger partial charge in [0, 0.05) is 24.7 Å². The summed E-state index contributed by atoms with van der Waals surface area (Å²) in [6.07, 6.45) is -1.08. The average Bonchev–Trinajstić information content (AvgIpc) is 3.24. The monoisotopic (exact) mass is 434 g/mol. The molecule has 0 atom stereocenters. The summed E-state index contributed by atoms with van der Waals surface area (Å²) >= 11 is 5.70. The molecule has 1 aromatic heterocycles. The Bertz CT molecular complexity index is 1180. The van der Waals surface area contributed by atoms with Crippen LogP contribution in [0.2, 0.25) is 5.02 Å². The van der Waals surface area contributed by atoms with Crippen molar-refractivity contribution in [2.24, 2.45) is 0 Å². The molecule has 0 radical (unpaired) electrons. The Morgan fingerprint density at radius 3 is 2.37 bits per heavy atom. The maximum absolute atomic E-state index is 13.2. The molecule has 1 saturated heterocycles. The minimum absolute atomic E-state index is 0.0574. The molecule has 0 spiro atoms. The van der Waals surface area contributed by atoms with E-state index < -0.39 is 11.7 Å². The molecule has 1 aliphatic heterocycles. The molecule has 0 bridgehead atoms. The summed E-state index contributed by atoms with van der Waals surface area (Å²) in [5.74, 6) is -0.113. The lowest BCUT2D eigenvalue weighted by Gasteiger charge is -2.16. The Labute approximate surface area is 175 Å². The lowest BCUT2D eigenvalue weighted by molar-refractivity contribution is -0.137. The number of rotatable bonds is 3. The fourth-order valence-corrected chi connectivity index (χ4v) is 3.94. The topological polar surface area (TPSA) is 42.3 Å². The first-order valence-electron chi connectivity index (χ1n) is 9.52. The van der Waals surface area contributed by atoms with Crippen LogP contribution in [0.5, 0.6) is 0 Å². The maximum atomic E-state index is 13.2. The van der Waals surface area contributed by atoms with E-state index in [1.54, 1.807) is 35.4 Å². The first kappa shape index (κ1) is 20.5. The van der Waals surface area contributed by atoms with Crippen LogP contribution in [-0.2, 0) is 17.5 Å². The number of amides is 1. The van der Waals surface area contributed by atoms with Crippen molar-refractivity contribution in [2.75, 3.05) is 13.1 Å². The van der Waals surface area contributed by atoms with Crippen LogP contribution in [0.1, 0.15) is 18.4 Å². The molecule has 4 nitrogen and oxygen atoms in total. The summed E-state index contributed by atoms with van der Waals surface area (Å²) in [5.41, 5.74) is -0.516. The zero-order valence-electron chi connectivity index (χ0n) is 15.9. The third-order valence-corrected chi connectivity index (χ3v) is 5.68. The number of pyridine rings is 1. The van der Waals surface area contributed by atoms with Crippen LogP contribution in [0, 0.1) is 0 Å². The molecule has 1 fully saturated rings. The molecular weight excluding hydrogens is 417 g/mol. The minimum atomic E-state index is -4.58. The van der Waals surface area contributed by atoms with Gasteiger partial charge in [0.2, 0.25) is 5.91 Å². The lowest BCUT2D eigenvalue weighted by atomic mass is 10.00. The van der Waals surface area contributed by atoms with Gasteiger partial charge in [-0.2, -0.15) is 13.2 Å². The Morgan fingerprint density at radius 1 is 1.00 bits per heavy atom. The van der Waals surface area contributed by atoms with Gasteiger partial charge >= 0.3 is 6.18 Å². The zero-order chi connectivity index (χ0) is 21.5. The van der Waals surface area contributed by atoms with Crippen LogP contribution in [-0.4, -0.2) is 28.5 Å². The predicted octanol–water partition coefficient (Wildman–Crippen LogP) is 4.96. The number of alkyl halides is 3. The molecule has 1 amide bonds. The number of halogens is 4. The van der Waals surface area contributed by atoms with E-state index in [-0.39, 0.29) is 23.0 Å². The minimum Gasteiger partial charge on any atom is -0.341 e. The third kappa shape index (κ3) is 3.94. The normalized spacial score (nSPS) is 14.5. The van der Waals surface area contributed by atoms with E-state index in [0.29, 0.717) is 35.0 Å². The van der Waals surface area contributed by atoms with E-state index in [1.165, 1.54) is 16.7 Å². The van der Waals surface area contributed by atoms with Crippen molar-refractivity contribution in [3.05, 3.63) is 69.6 Å². The number of hydrogen-bond donors (Lipinski definition) is 0. The highest BCUT2D eigenvalue weighted by Gasteiger charge is 2.33. The van der Waals surface area contributed by atoms with E-state index in [4.69, 9.17) is 11.6 Å². The first-order chi connectivity index (χ1) is 14.2. The predicted molar refractivity (Wildman–Crippen MR) is 109 cm³/mol. The molecule has 2 aromatic carbocycles. The van der Waals surface area contributed by atoms with Gasteiger partial charge in [0.05, 0.1) is 10.6 Å². The summed E-state index contributed by atoms with van der Waals surface area (Å²) in [7, 11) is 0. The maximum Gasteiger partial charge on any atom is 0.417 e. The zero-order valence-corrected chi connectivity index (χ0v) is 16.6. The molecule has 30 heavy (non-hydrogen) atoms. The Morgan fingerprint density at radius 2 is 1.67 bits per heavy atom. The van der Waals surface area contributed by atoms with Crippen molar-refractivity contribution >= 4 is 28.3 Å². The van der Waals surface area contributed by atoms with Gasteiger partial charge < -0.3 is 9.47 Å². The summed E-state index contributed by atoms with van der Waals surface area (Å²) in [6, 6.07) is 10.3. The highest BCUT2D eigenvalue weighted by atomic mass is 35.5. The molecule has 0 N–H and O–H groups in total. The number of aromatic nitrogens is 1. The number of carbonyl (C=O) groups excluding carboxylic acids is 1. The molecule has 0 aliphatic carbocycles. The van der Waals surface area contributed by atoms with Crippen LogP contribution >= 0.6 is 11.6 Å². The number of hydrogen-bond acceptors (Lipinski definition) is 2. The van der Waals surface area contributed by atoms with Crippen LogP contribution in [0.4, 0.5) is 13.2 Å². The molecule has 3 aromatic rings. The number of fused-ring (bicyclic) bond motifs is 1. The third-order valence-electron chi connectivity index (χ3n) is 5.35. The van der Waals surface area contributed by atoms with Crippen molar-refractivity contribution in [3.8, 4) is 11.1 Å². The fourth-order valence-electron chi connectivity index (χ4n) is 3.72. The van der Waals surface area contributed by atoms with Gasteiger partial charge in [-0.3, -0.25) is 9.59 Å². The van der Waals surface area contributed by atoms with Gasteiger partial charge in [-0.05, 0) is 53.6 Å².